The van der Waals surface area contributed by atoms with Crippen LogP contribution in [-0.2, 0) is 0 Å². The molecule has 1 aromatic carbocycles. The van der Waals surface area contributed by atoms with Crippen molar-refractivity contribution in [1.82, 2.24) is 4.98 Å². The van der Waals surface area contributed by atoms with E-state index in [-0.39, 0.29) is 0 Å². The molecule has 0 unspecified atom stereocenters. The van der Waals surface area contributed by atoms with E-state index in [1.165, 1.54) is 0 Å². The van der Waals surface area contributed by atoms with Crippen molar-refractivity contribution < 1.29 is 4.74 Å². The number of pyridine rings is 1. The van der Waals surface area contributed by atoms with Crippen LogP contribution in [0.5, 0.6) is 5.88 Å². The molecule has 0 amide bonds. The molecule has 0 atom stereocenters. The topological polar surface area (TPSA) is 22.1 Å². The second kappa shape index (κ2) is 3.34. The molecule has 3 heteroatoms. The summed E-state index contributed by atoms with van der Waals surface area (Å²) in [7, 11) is 1.62. The number of methoxy groups -OCH3 is 1. The normalized spacial score (nSPS) is 10.3. The Hall–Kier alpha value is -1.09. The lowest BCUT2D eigenvalue weighted by atomic mass is 10.2. The summed E-state index contributed by atoms with van der Waals surface area (Å²) >= 11 is 3.48. The van der Waals surface area contributed by atoms with E-state index in [1.807, 2.05) is 24.3 Å². The molecule has 0 bridgehead atoms. The monoisotopic (exact) mass is 237 g/mol. The Bertz CT molecular complexity index is 442. The molecule has 0 aliphatic heterocycles. The molecule has 0 N–H and O–H groups in total. The number of hydrogen-bond donors (Lipinski definition) is 0. The lowest BCUT2D eigenvalue weighted by molar-refractivity contribution is 0.399. The SMILES string of the molecule is COc1cc2c(Br)cccc2cn1. The van der Waals surface area contributed by atoms with Gasteiger partial charge in [0.1, 0.15) is 0 Å². The number of fused-ring (bicyclic) bond motifs is 1. The molecule has 2 nitrogen and oxygen atoms in total. The van der Waals surface area contributed by atoms with Crippen LogP contribution >= 0.6 is 15.9 Å². The first-order valence-corrected chi connectivity index (χ1v) is 4.69. The van der Waals surface area contributed by atoms with Crippen molar-refractivity contribution in [1.29, 1.82) is 0 Å². The lowest BCUT2D eigenvalue weighted by Gasteiger charge is -2.02. The van der Waals surface area contributed by atoms with Gasteiger partial charge in [-0.2, -0.15) is 0 Å². The van der Waals surface area contributed by atoms with Crippen molar-refractivity contribution in [2.24, 2.45) is 0 Å². The predicted molar refractivity (Wildman–Crippen MR) is 56.0 cm³/mol. The van der Waals surface area contributed by atoms with Crippen LogP contribution in [0, 0.1) is 0 Å². The molecule has 0 fully saturated rings. The molecule has 1 heterocycles. The number of halogens is 1. The first-order chi connectivity index (χ1) is 6.31. The largest absolute Gasteiger partial charge is 0.481 e. The molecule has 2 rings (SSSR count). The van der Waals surface area contributed by atoms with E-state index in [4.69, 9.17) is 4.74 Å². The summed E-state index contributed by atoms with van der Waals surface area (Å²) in [6.45, 7) is 0. The molecule has 2 aromatic rings. The molecule has 0 spiro atoms. The highest BCUT2D eigenvalue weighted by atomic mass is 79.9. The zero-order valence-corrected chi connectivity index (χ0v) is 8.71. The minimum Gasteiger partial charge on any atom is -0.481 e. The van der Waals surface area contributed by atoms with Gasteiger partial charge in [0, 0.05) is 27.5 Å². The Labute approximate surface area is 84.7 Å². The average Bonchev–Trinajstić information content (AvgIpc) is 2.18. The third-order valence-electron chi connectivity index (χ3n) is 1.89. The minimum absolute atomic E-state index is 0.638. The molecule has 0 radical (unpaired) electrons. The van der Waals surface area contributed by atoms with Gasteiger partial charge in [-0.3, -0.25) is 0 Å². The summed E-state index contributed by atoms with van der Waals surface area (Å²) in [5.74, 6) is 0.638. The Balaban J connectivity index is 2.74. The van der Waals surface area contributed by atoms with E-state index in [0.717, 1.165) is 15.2 Å². The maximum atomic E-state index is 5.05. The molecule has 0 aliphatic rings. The maximum absolute atomic E-state index is 5.05. The molecule has 13 heavy (non-hydrogen) atoms. The van der Waals surface area contributed by atoms with Crippen molar-refractivity contribution in [3.8, 4) is 5.88 Å². The average molecular weight is 238 g/mol. The minimum atomic E-state index is 0.638. The number of nitrogens with zero attached hydrogens (tertiary/aromatic N) is 1. The molecule has 0 aliphatic carbocycles. The van der Waals surface area contributed by atoms with Crippen molar-refractivity contribution in [3.63, 3.8) is 0 Å². The van der Waals surface area contributed by atoms with Crippen LogP contribution in [0.25, 0.3) is 10.8 Å². The van der Waals surface area contributed by atoms with Gasteiger partial charge in [-0.1, -0.05) is 28.1 Å². The van der Waals surface area contributed by atoms with Crippen LogP contribution in [0.2, 0.25) is 0 Å². The van der Waals surface area contributed by atoms with E-state index < -0.39 is 0 Å². The van der Waals surface area contributed by atoms with Gasteiger partial charge in [0.2, 0.25) is 5.88 Å². The van der Waals surface area contributed by atoms with Gasteiger partial charge in [-0.15, -0.1) is 0 Å². The summed E-state index contributed by atoms with van der Waals surface area (Å²) in [6.07, 6.45) is 1.80. The molecule has 1 aromatic heterocycles. The lowest BCUT2D eigenvalue weighted by Crippen LogP contribution is -1.86. The molecule has 0 saturated carbocycles. The fourth-order valence-electron chi connectivity index (χ4n) is 1.22. The summed E-state index contributed by atoms with van der Waals surface area (Å²) in [5.41, 5.74) is 0. The predicted octanol–water partition coefficient (Wildman–Crippen LogP) is 3.01. The zero-order valence-electron chi connectivity index (χ0n) is 7.12. The third kappa shape index (κ3) is 1.52. The van der Waals surface area contributed by atoms with Gasteiger partial charge in [0.25, 0.3) is 0 Å². The molecule has 0 saturated heterocycles. The Morgan fingerprint density at radius 3 is 3.00 bits per heavy atom. The fourth-order valence-corrected chi connectivity index (χ4v) is 1.72. The van der Waals surface area contributed by atoms with E-state index >= 15 is 0 Å². The summed E-state index contributed by atoms with van der Waals surface area (Å²) in [6, 6.07) is 7.92. The Kier molecular flexibility index (Phi) is 2.19. The van der Waals surface area contributed by atoms with Crippen LogP contribution < -0.4 is 4.74 Å². The van der Waals surface area contributed by atoms with E-state index in [2.05, 4.69) is 20.9 Å². The second-order valence-corrected chi connectivity index (χ2v) is 3.54. The van der Waals surface area contributed by atoms with Gasteiger partial charge >= 0.3 is 0 Å². The van der Waals surface area contributed by atoms with Crippen LogP contribution in [0.15, 0.2) is 34.9 Å². The first-order valence-electron chi connectivity index (χ1n) is 3.89. The molecule has 66 valence electrons. The standard InChI is InChI=1S/C10H8BrNO/c1-13-10-5-8-7(6-12-10)3-2-4-9(8)11/h2-6H,1H3. The van der Waals surface area contributed by atoms with Crippen LogP contribution in [0.1, 0.15) is 0 Å². The highest BCUT2D eigenvalue weighted by Gasteiger charge is 2.00. The number of aromatic nitrogens is 1. The van der Waals surface area contributed by atoms with Gasteiger partial charge in [0.15, 0.2) is 0 Å². The maximum Gasteiger partial charge on any atom is 0.213 e. The van der Waals surface area contributed by atoms with Crippen molar-refractivity contribution >= 4 is 26.7 Å². The summed E-state index contributed by atoms with van der Waals surface area (Å²) in [5, 5.41) is 2.23. The smallest absolute Gasteiger partial charge is 0.213 e. The van der Waals surface area contributed by atoms with Gasteiger partial charge in [0.05, 0.1) is 7.11 Å². The number of benzene rings is 1. The fraction of sp³-hybridized carbons (Fsp3) is 0.100. The third-order valence-corrected chi connectivity index (χ3v) is 2.59. The van der Waals surface area contributed by atoms with Crippen molar-refractivity contribution in [2.45, 2.75) is 0 Å². The summed E-state index contributed by atoms with van der Waals surface area (Å²) < 4.78 is 6.11. The van der Waals surface area contributed by atoms with Crippen molar-refractivity contribution in [2.75, 3.05) is 7.11 Å². The zero-order chi connectivity index (χ0) is 9.26. The summed E-state index contributed by atoms with van der Waals surface area (Å²) in [4.78, 5) is 4.12. The van der Waals surface area contributed by atoms with E-state index in [1.54, 1.807) is 13.3 Å². The highest BCUT2D eigenvalue weighted by Crippen LogP contribution is 2.25. The van der Waals surface area contributed by atoms with Crippen LogP contribution in [0.3, 0.4) is 0 Å². The molecular formula is C10H8BrNO. The van der Waals surface area contributed by atoms with Crippen LogP contribution in [0.4, 0.5) is 0 Å². The Morgan fingerprint density at radius 1 is 1.38 bits per heavy atom. The number of hydrogen-bond acceptors (Lipinski definition) is 2. The van der Waals surface area contributed by atoms with Crippen LogP contribution in [-0.4, -0.2) is 12.1 Å². The Morgan fingerprint density at radius 2 is 2.23 bits per heavy atom. The van der Waals surface area contributed by atoms with Gasteiger partial charge < -0.3 is 4.74 Å². The first kappa shape index (κ1) is 8.51. The van der Waals surface area contributed by atoms with Gasteiger partial charge in [-0.05, 0) is 6.07 Å². The number of ether oxygens (including phenoxy) is 1. The van der Waals surface area contributed by atoms with E-state index in [0.29, 0.717) is 5.88 Å². The van der Waals surface area contributed by atoms with Crippen molar-refractivity contribution in [3.05, 3.63) is 34.9 Å². The number of rotatable bonds is 1. The second-order valence-electron chi connectivity index (χ2n) is 2.69. The van der Waals surface area contributed by atoms with Gasteiger partial charge in [-0.25, -0.2) is 4.98 Å². The highest BCUT2D eigenvalue weighted by molar-refractivity contribution is 9.10. The molecular weight excluding hydrogens is 230 g/mol. The van der Waals surface area contributed by atoms with E-state index in [9.17, 15) is 0 Å². The quantitative estimate of drug-likeness (QED) is 0.761.